The molecule has 0 N–H and O–H groups in total. The topological polar surface area (TPSA) is 223 Å². The number of aryl methyl sites for hydroxylation is 4. The predicted octanol–water partition coefficient (Wildman–Crippen LogP) is 24.2. The normalized spacial score (nSPS) is 20.2. The maximum atomic E-state index is 14.1. The molecule has 8 aromatic heterocycles. The summed E-state index contributed by atoms with van der Waals surface area (Å²) in [6, 6.07) is 29.0. The zero-order valence-corrected chi connectivity index (χ0v) is 70.6. The molecule has 0 amide bonds. The number of rotatable bonds is 24. The van der Waals surface area contributed by atoms with Gasteiger partial charge in [0.05, 0.1) is 22.3 Å². The summed E-state index contributed by atoms with van der Waals surface area (Å²) in [6.45, 7) is 16.0. The van der Waals surface area contributed by atoms with Crippen LogP contribution in [0.1, 0.15) is 292 Å². The van der Waals surface area contributed by atoms with Crippen LogP contribution in [0, 0.1) is 98.3 Å². The second-order valence-corrected chi connectivity index (χ2v) is 33.8. The fraction of sp³-hybridized carbons (Fsp3) is 0.440. The second-order valence-electron chi connectivity index (χ2n) is 33.8. The van der Waals surface area contributed by atoms with Gasteiger partial charge >= 0.3 is 0 Å². The smallest absolute Gasteiger partial charge is 0.166 e. The highest BCUT2D eigenvalue weighted by Gasteiger charge is 2.35. The molecule has 4 aromatic carbocycles. The van der Waals surface area contributed by atoms with Crippen molar-refractivity contribution in [3.63, 3.8) is 0 Å². The number of nitrogens with zero attached hydrogens (tertiary/aromatic N) is 12. The Morgan fingerprint density at radius 2 is 0.458 bits per heavy atom. The number of aromatic nitrogens is 12. The minimum absolute atomic E-state index is 0.138. The van der Waals surface area contributed by atoms with Crippen molar-refractivity contribution in [2.75, 3.05) is 0 Å². The molecular weight excluding hydrogens is 1510 g/mol. The number of carbonyl (C=O) groups is 4. The van der Waals surface area contributed by atoms with E-state index in [-0.39, 0.29) is 46.4 Å². The van der Waals surface area contributed by atoms with Crippen LogP contribution < -0.4 is 0 Å². The van der Waals surface area contributed by atoms with Crippen molar-refractivity contribution in [2.45, 2.75) is 233 Å². The molecule has 0 unspecified atom stereocenters. The van der Waals surface area contributed by atoms with Gasteiger partial charge in [0.25, 0.3) is 0 Å². The number of hydrogen-bond acceptors (Lipinski definition) is 16. The lowest BCUT2D eigenvalue weighted by Crippen LogP contribution is -2.23. The summed E-state index contributed by atoms with van der Waals surface area (Å²) in [4.78, 5) is 101. The molecule has 4 fully saturated rings. The van der Waals surface area contributed by atoms with Gasteiger partial charge in [-0.2, -0.15) is 0 Å². The average Bonchev–Trinajstić information content (AvgIpc) is 0.802. The molecular formula is C100H112F4N12O4. The molecule has 20 heteroatoms. The summed E-state index contributed by atoms with van der Waals surface area (Å²) in [5.41, 5.74) is 9.13. The number of benzene rings is 4. The van der Waals surface area contributed by atoms with E-state index in [1.54, 1.807) is 98.6 Å². The third-order valence-corrected chi connectivity index (χ3v) is 26.8. The molecule has 624 valence electrons. The zero-order valence-electron chi connectivity index (χ0n) is 70.6. The molecule has 4 saturated carbocycles. The Labute approximate surface area is 702 Å². The molecule has 16 nitrogen and oxygen atoms in total. The maximum absolute atomic E-state index is 14.1. The van der Waals surface area contributed by atoms with E-state index in [2.05, 4.69) is 87.5 Å². The average molecular weight is 1620 g/mol. The summed E-state index contributed by atoms with van der Waals surface area (Å²) < 4.78 is 56.5. The Morgan fingerprint density at radius 1 is 0.275 bits per heavy atom. The first-order valence-electron chi connectivity index (χ1n) is 43.7. The van der Waals surface area contributed by atoms with Gasteiger partial charge in [-0.1, -0.05) is 102 Å². The summed E-state index contributed by atoms with van der Waals surface area (Å²) in [6.07, 6.45) is 43.6. The van der Waals surface area contributed by atoms with E-state index in [4.69, 9.17) is 0 Å². The SMILES string of the molecule is CC[C@@H](CC(=O)c1cnc(C)nc1)C1CCC(c2ccnc3c(F)cccc23)CC1.CC[C@@H](CC(=O)c1cnc(C)nc1)C1CCC(c2ccnc3c(F)cccc23)CC1.CC[C@H](CC(=O)c1cnc(C)nc1)C1CCC(c2ccnc3c(F)cccc23)CC1.CC[C@H](CC(=O)c1cnc(C)nc1)C1CCC(c2ccnc3c(F)cccc23)CC1. The van der Waals surface area contributed by atoms with Crippen LogP contribution in [-0.4, -0.2) is 82.9 Å². The van der Waals surface area contributed by atoms with Gasteiger partial charge in [0, 0.05) is 122 Å². The Balaban J connectivity index is 0.000000138. The minimum Gasteiger partial charge on any atom is -0.294 e. The molecule has 12 aromatic rings. The summed E-state index contributed by atoms with van der Waals surface area (Å²) in [5, 5.41) is 3.73. The first-order chi connectivity index (χ1) is 58.3. The Hall–Kier alpha value is -10.8. The van der Waals surface area contributed by atoms with Crippen molar-refractivity contribution in [3.05, 3.63) is 262 Å². The van der Waals surface area contributed by atoms with Crippen molar-refractivity contribution in [1.82, 2.24) is 59.8 Å². The van der Waals surface area contributed by atoms with Gasteiger partial charge in [0.2, 0.25) is 0 Å². The lowest BCUT2D eigenvalue weighted by atomic mass is 9.71. The van der Waals surface area contributed by atoms with Gasteiger partial charge in [-0.05, 0) is 272 Å². The van der Waals surface area contributed by atoms with E-state index in [9.17, 15) is 36.7 Å². The zero-order chi connectivity index (χ0) is 84.3. The van der Waals surface area contributed by atoms with Crippen molar-refractivity contribution in [2.24, 2.45) is 47.3 Å². The van der Waals surface area contributed by atoms with E-state index in [1.807, 2.05) is 76.2 Å². The molecule has 4 atom stereocenters. The highest BCUT2D eigenvalue weighted by molar-refractivity contribution is 5.97. The molecule has 4 aliphatic carbocycles. The van der Waals surface area contributed by atoms with E-state index in [0.717, 1.165) is 150 Å². The van der Waals surface area contributed by atoms with Crippen molar-refractivity contribution >= 4 is 66.7 Å². The van der Waals surface area contributed by atoms with Gasteiger partial charge in [-0.15, -0.1) is 0 Å². The van der Waals surface area contributed by atoms with Crippen molar-refractivity contribution < 1.29 is 36.7 Å². The fourth-order valence-electron chi connectivity index (χ4n) is 19.8. The van der Waals surface area contributed by atoms with Crippen molar-refractivity contribution in [3.8, 4) is 0 Å². The number of halogens is 4. The highest BCUT2D eigenvalue weighted by atomic mass is 19.1. The number of carbonyl (C=O) groups excluding carboxylic acids is 4. The van der Waals surface area contributed by atoms with Crippen LogP contribution in [0.3, 0.4) is 0 Å². The van der Waals surface area contributed by atoms with Gasteiger partial charge in [-0.3, -0.25) is 39.1 Å². The van der Waals surface area contributed by atoms with Crippen LogP contribution in [0.4, 0.5) is 17.6 Å². The fourth-order valence-corrected chi connectivity index (χ4v) is 19.8. The van der Waals surface area contributed by atoms with E-state index < -0.39 is 0 Å². The number of para-hydroxylation sites is 4. The predicted molar refractivity (Wildman–Crippen MR) is 464 cm³/mol. The monoisotopic (exact) mass is 1620 g/mol. The minimum atomic E-state index is -0.257. The lowest BCUT2D eigenvalue weighted by Gasteiger charge is -2.34. The standard InChI is InChI=1S/4C25H28FN3O/c4*1-3-17(13-24(30)20-14-28-16(2)29-15-20)18-7-9-19(10-8-18)21-11-12-27-25-22(21)5-4-6-23(25)26/h4*4-6,11-12,14-15,17-19H,3,7-10,13H2,1-2H3/t4*17-,18?,19?/m1100/s1. The largest absolute Gasteiger partial charge is 0.294 e. The first kappa shape index (κ1) is 87.1. The molecule has 0 saturated heterocycles. The molecule has 0 bridgehead atoms. The van der Waals surface area contributed by atoms with Gasteiger partial charge in [0.15, 0.2) is 23.1 Å². The number of hydrogen-bond donors (Lipinski definition) is 0. The highest BCUT2D eigenvalue weighted by Crippen LogP contribution is 2.48. The first-order valence-corrected chi connectivity index (χ1v) is 43.7. The number of pyridine rings is 4. The van der Waals surface area contributed by atoms with Crippen LogP contribution in [0.5, 0.6) is 0 Å². The molecule has 0 radical (unpaired) electrons. The number of Topliss-reactive ketones (excluding diaryl/α,β-unsaturated/α-hetero) is 4. The van der Waals surface area contributed by atoms with Gasteiger partial charge in [0.1, 0.15) is 68.6 Å². The quantitative estimate of drug-likeness (QED) is 0.0405. The van der Waals surface area contributed by atoms with Gasteiger partial charge < -0.3 is 0 Å². The molecule has 0 aliphatic heterocycles. The Bertz CT molecular complexity index is 4780. The number of ketones is 4. The molecule has 16 rings (SSSR count). The maximum Gasteiger partial charge on any atom is 0.166 e. The molecule has 8 heterocycles. The van der Waals surface area contributed by atoms with Crippen LogP contribution in [0.2, 0.25) is 0 Å². The van der Waals surface area contributed by atoms with E-state index in [0.29, 0.717) is 164 Å². The summed E-state index contributed by atoms with van der Waals surface area (Å²) >= 11 is 0. The van der Waals surface area contributed by atoms with E-state index in [1.165, 1.54) is 46.5 Å². The lowest BCUT2D eigenvalue weighted by molar-refractivity contribution is 0.0917. The van der Waals surface area contributed by atoms with Crippen molar-refractivity contribution in [1.29, 1.82) is 0 Å². The Morgan fingerprint density at radius 3 is 0.633 bits per heavy atom. The summed E-state index contributed by atoms with van der Waals surface area (Å²) in [5.74, 6) is 7.66. The third kappa shape index (κ3) is 21.5. The molecule has 120 heavy (non-hydrogen) atoms. The third-order valence-electron chi connectivity index (χ3n) is 26.8. The van der Waals surface area contributed by atoms with Crippen LogP contribution >= 0.6 is 0 Å². The summed E-state index contributed by atoms with van der Waals surface area (Å²) in [7, 11) is 0. The molecule has 4 aliphatic rings. The molecule has 0 spiro atoms. The number of fused-ring (bicyclic) bond motifs is 4. The van der Waals surface area contributed by atoms with E-state index >= 15 is 0 Å². The van der Waals surface area contributed by atoms with Crippen LogP contribution in [0.15, 0.2) is 171 Å². The van der Waals surface area contributed by atoms with Crippen LogP contribution in [0.25, 0.3) is 43.6 Å². The van der Waals surface area contributed by atoms with Gasteiger partial charge in [-0.25, -0.2) is 57.4 Å². The Kier molecular flexibility index (Phi) is 30.1. The second kappa shape index (κ2) is 41.5. The van der Waals surface area contributed by atoms with Crippen LogP contribution in [-0.2, 0) is 0 Å².